The first kappa shape index (κ1) is 15.7. The van der Waals surface area contributed by atoms with Gasteiger partial charge >= 0.3 is 5.97 Å². The summed E-state index contributed by atoms with van der Waals surface area (Å²) in [6, 6.07) is 3.96. The second kappa shape index (κ2) is 6.74. The fourth-order valence-electron chi connectivity index (χ4n) is 1.71. The third-order valence-corrected chi connectivity index (χ3v) is 2.37. The Bertz CT molecular complexity index is 502. The van der Waals surface area contributed by atoms with Gasteiger partial charge in [0, 0.05) is 23.9 Å². The minimum Gasteiger partial charge on any atom is -0.491 e. The maximum absolute atomic E-state index is 10.9. The Balaban J connectivity index is 2.96. The van der Waals surface area contributed by atoms with Gasteiger partial charge in [-0.05, 0) is 20.8 Å². The average molecular weight is 282 g/mol. The van der Waals surface area contributed by atoms with Crippen molar-refractivity contribution in [3.63, 3.8) is 0 Å². The third-order valence-electron chi connectivity index (χ3n) is 2.37. The number of carboxylic acid groups (broad SMARTS) is 1. The van der Waals surface area contributed by atoms with Crippen LogP contribution < -0.4 is 10.1 Å². The Morgan fingerprint density at radius 2 is 2.05 bits per heavy atom. The van der Waals surface area contributed by atoms with Crippen LogP contribution >= 0.6 is 0 Å². The van der Waals surface area contributed by atoms with Gasteiger partial charge in [0.15, 0.2) is 0 Å². The zero-order valence-electron chi connectivity index (χ0n) is 11.6. The molecule has 1 rings (SSSR count). The van der Waals surface area contributed by atoms with Crippen molar-refractivity contribution in [2.45, 2.75) is 39.3 Å². The number of carbonyl (C=O) groups is 1. The molecule has 1 aromatic carbocycles. The molecule has 0 radical (unpaired) electrons. The van der Waals surface area contributed by atoms with Gasteiger partial charge in [0.25, 0.3) is 5.69 Å². The summed E-state index contributed by atoms with van der Waals surface area (Å²) in [5, 5.41) is 22.5. The lowest BCUT2D eigenvalue weighted by Gasteiger charge is -2.15. The summed E-state index contributed by atoms with van der Waals surface area (Å²) in [7, 11) is 0. The average Bonchev–Trinajstić information content (AvgIpc) is 2.25. The van der Waals surface area contributed by atoms with Gasteiger partial charge in [0.1, 0.15) is 5.75 Å². The van der Waals surface area contributed by atoms with E-state index in [2.05, 4.69) is 5.32 Å². The van der Waals surface area contributed by atoms with Crippen molar-refractivity contribution in [1.82, 2.24) is 0 Å². The molecule has 0 amide bonds. The molecule has 0 aromatic heterocycles. The van der Waals surface area contributed by atoms with E-state index in [1.54, 1.807) is 13.0 Å². The lowest BCUT2D eigenvalue weighted by molar-refractivity contribution is -0.384. The van der Waals surface area contributed by atoms with Crippen molar-refractivity contribution >= 4 is 17.3 Å². The van der Waals surface area contributed by atoms with Gasteiger partial charge in [0.2, 0.25) is 0 Å². The Kier molecular flexibility index (Phi) is 5.31. The Hall–Kier alpha value is -2.31. The molecule has 0 heterocycles. The van der Waals surface area contributed by atoms with Gasteiger partial charge in [-0.15, -0.1) is 0 Å². The minimum atomic E-state index is -0.936. The highest BCUT2D eigenvalue weighted by Gasteiger charge is 2.14. The van der Waals surface area contributed by atoms with Gasteiger partial charge in [-0.25, -0.2) is 0 Å². The second-order valence-corrected chi connectivity index (χ2v) is 4.78. The van der Waals surface area contributed by atoms with Crippen LogP contribution in [-0.4, -0.2) is 28.1 Å². The summed E-state index contributed by atoms with van der Waals surface area (Å²) in [6.45, 7) is 5.33. The third kappa shape index (κ3) is 5.13. The van der Waals surface area contributed by atoms with Crippen LogP contribution in [0.5, 0.6) is 5.75 Å². The number of nitro benzene ring substituents is 1. The van der Waals surface area contributed by atoms with Crippen LogP contribution in [0.1, 0.15) is 27.2 Å². The minimum absolute atomic E-state index is 0.0803. The molecular weight excluding hydrogens is 264 g/mol. The number of hydrogen-bond acceptors (Lipinski definition) is 5. The van der Waals surface area contributed by atoms with E-state index in [0.717, 1.165) is 0 Å². The predicted molar refractivity (Wildman–Crippen MR) is 74.2 cm³/mol. The molecule has 0 saturated heterocycles. The van der Waals surface area contributed by atoms with Crippen LogP contribution in [0.15, 0.2) is 18.2 Å². The fraction of sp³-hybridized carbons (Fsp3) is 0.462. The summed E-state index contributed by atoms with van der Waals surface area (Å²) in [6.07, 6.45) is -0.190. The van der Waals surface area contributed by atoms with E-state index in [0.29, 0.717) is 11.4 Å². The summed E-state index contributed by atoms with van der Waals surface area (Å²) < 4.78 is 5.45. The van der Waals surface area contributed by atoms with Crippen LogP contribution in [0, 0.1) is 10.1 Å². The van der Waals surface area contributed by atoms with E-state index in [1.165, 1.54) is 12.1 Å². The fourth-order valence-corrected chi connectivity index (χ4v) is 1.71. The number of carboxylic acids is 1. The number of nitrogens with one attached hydrogen (secondary N) is 1. The van der Waals surface area contributed by atoms with Crippen LogP contribution in [-0.2, 0) is 4.79 Å². The Labute approximate surface area is 116 Å². The SMILES string of the molecule is CC(CC(=O)O)Nc1cc(OC(C)C)cc([N+](=O)[O-])c1. The maximum atomic E-state index is 10.9. The van der Waals surface area contributed by atoms with Crippen LogP contribution in [0.3, 0.4) is 0 Å². The van der Waals surface area contributed by atoms with Crippen molar-refractivity contribution in [2.24, 2.45) is 0 Å². The van der Waals surface area contributed by atoms with Gasteiger partial charge in [-0.1, -0.05) is 0 Å². The van der Waals surface area contributed by atoms with E-state index in [-0.39, 0.29) is 24.3 Å². The molecule has 1 unspecified atom stereocenters. The lowest BCUT2D eigenvalue weighted by atomic mass is 10.2. The number of non-ortho nitro benzene ring substituents is 1. The number of nitro groups is 1. The number of benzene rings is 1. The zero-order chi connectivity index (χ0) is 15.3. The van der Waals surface area contributed by atoms with E-state index >= 15 is 0 Å². The Morgan fingerprint density at radius 1 is 1.40 bits per heavy atom. The standard InChI is InChI=1S/C13H18N2O5/c1-8(2)20-12-6-10(5-11(7-12)15(18)19)14-9(3)4-13(16)17/h5-9,14H,4H2,1-3H3,(H,16,17). The largest absolute Gasteiger partial charge is 0.491 e. The van der Waals surface area contributed by atoms with Gasteiger partial charge in [-0.3, -0.25) is 14.9 Å². The molecule has 110 valence electrons. The first-order valence-corrected chi connectivity index (χ1v) is 6.22. The monoisotopic (exact) mass is 282 g/mol. The van der Waals surface area contributed by atoms with Crippen LogP contribution in [0.4, 0.5) is 11.4 Å². The van der Waals surface area contributed by atoms with Gasteiger partial charge in [0.05, 0.1) is 23.5 Å². The number of nitrogens with zero attached hydrogens (tertiary/aromatic N) is 1. The van der Waals surface area contributed by atoms with Crippen molar-refractivity contribution in [3.8, 4) is 5.75 Å². The summed E-state index contributed by atoms with van der Waals surface area (Å²) in [4.78, 5) is 21.0. The molecule has 0 fully saturated rings. The molecule has 2 N–H and O–H groups in total. The number of anilines is 1. The van der Waals surface area contributed by atoms with E-state index < -0.39 is 10.9 Å². The van der Waals surface area contributed by atoms with Crippen molar-refractivity contribution in [1.29, 1.82) is 0 Å². The van der Waals surface area contributed by atoms with Crippen LogP contribution in [0.25, 0.3) is 0 Å². The summed E-state index contributed by atoms with van der Waals surface area (Å²) in [5.41, 5.74) is 0.358. The molecule has 7 heteroatoms. The quantitative estimate of drug-likeness (QED) is 0.589. The predicted octanol–water partition coefficient (Wildman–Crippen LogP) is 2.66. The number of hydrogen-bond donors (Lipinski definition) is 2. The first-order valence-electron chi connectivity index (χ1n) is 6.22. The molecule has 1 atom stereocenters. The van der Waals surface area contributed by atoms with E-state index in [1.807, 2.05) is 13.8 Å². The highest BCUT2D eigenvalue weighted by atomic mass is 16.6. The topological polar surface area (TPSA) is 102 Å². The summed E-state index contributed by atoms with van der Waals surface area (Å²) in [5.74, 6) is -0.562. The van der Waals surface area contributed by atoms with Gasteiger partial charge < -0.3 is 15.2 Å². The van der Waals surface area contributed by atoms with Crippen molar-refractivity contribution in [3.05, 3.63) is 28.3 Å². The molecule has 7 nitrogen and oxygen atoms in total. The molecule has 0 aliphatic rings. The van der Waals surface area contributed by atoms with E-state index in [9.17, 15) is 14.9 Å². The maximum Gasteiger partial charge on any atom is 0.305 e. The normalized spacial score (nSPS) is 12.0. The zero-order valence-corrected chi connectivity index (χ0v) is 11.6. The first-order chi connectivity index (χ1) is 9.27. The molecule has 0 bridgehead atoms. The van der Waals surface area contributed by atoms with Crippen molar-refractivity contribution < 1.29 is 19.6 Å². The molecule has 0 spiro atoms. The van der Waals surface area contributed by atoms with E-state index in [4.69, 9.17) is 9.84 Å². The smallest absolute Gasteiger partial charge is 0.305 e. The molecule has 20 heavy (non-hydrogen) atoms. The molecular formula is C13H18N2O5. The molecule has 0 aliphatic heterocycles. The number of aliphatic carboxylic acids is 1. The Morgan fingerprint density at radius 3 is 2.55 bits per heavy atom. The van der Waals surface area contributed by atoms with Crippen LogP contribution in [0.2, 0.25) is 0 Å². The van der Waals surface area contributed by atoms with Gasteiger partial charge in [-0.2, -0.15) is 0 Å². The number of ether oxygens (including phenoxy) is 1. The second-order valence-electron chi connectivity index (χ2n) is 4.78. The highest BCUT2D eigenvalue weighted by Crippen LogP contribution is 2.27. The number of rotatable bonds is 7. The molecule has 0 saturated carbocycles. The summed E-state index contributed by atoms with van der Waals surface area (Å²) >= 11 is 0. The lowest BCUT2D eigenvalue weighted by Crippen LogP contribution is -2.19. The molecule has 1 aromatic rings. The molecule has 0 aliphatic carbocycles. The highest BCUT2D eigenvalue weighted by molar-refractivity contribution is 5.68. The van der Waals surface area contributed by atoms with Crippen molar-refractivity contribution in [2.75, 3.05) is 5.32 Å².